The molecule has 4 heteroatoms. The molecule has 1 N–H and O–H groups in total. The van der Waals surface area contributed by atoms with Crippen molar-refractivity contribution in [2.24, 2.45) is 0 Å². The summed E-state index contributed by atoms with van der Waals surface area (Å²) in [5.41, 5.74) is 0.629. The van der Waals surface area contributed by atoms with E-state index in [4.69, 9.17) is 6.42 Å². The summed E-state index contributed by atoms with van der Waals surface area (Å²) in [5, 5.41) is 3.23. The fraction of sp³-hybridized carbons (Fsp3) is 0.429. The van der Waals surface area contributed by atoms with Gasteiger partial charge in [0.05, 0.1) is 6.54 Å². The normalized spacial score (nSPS) is 17.4. The van der Waals surface area contributed by atoms with Crippen LogP contribution >= 0.6 is 0 Å². The Hall–Kier alpha value is -1.60. The van der Waals surface area contributed by atoms with Gasteiger partial charge in [-0.25, -0.2) is 8.78 Å². The highest BCUT2D eigenvalue weighted by Crippen LogP contribution is 2.18. The van der Waals surface area contributed by atoms with Crippen molar-refractivity contribution in [3.05, 3.63) is 29.8 Å². The summed E-state index contributed by atoms with van der Waals surface area (Å²) >= 11 is 0. The smallest absolute Gasteiger partial charge is 0.160 e. The van der Waals surface area contributed by atoms with E-state index >= 15 is 0 Å². The summed E-state index contributed by atoms with van der Waals surface area (Å²) in [5.74, 6) is 0.999. The van der Waals surface area contributed by atoms with Gasteiger partial charge in [-0.1, -0.05) is 5.92 Å². The van der Waals surface area contributed by atoms with E-state index < -0.39 is 11.6 Å². The van der Waals surface area contributed by atoms with Crippen molar-refractivity contribution in [1.29, 1.82) is 0 Å². The standard InChI is InChI=1S/C14H16F2N2/c1-2-7-18-8-5-11(6-9-18)17-12-3-4-13(15)14(16)10-12/h1,3-4,10-11,17H,5-9H2. The van der Waals surface area contributed by atoms with Crippen LogP contribution in [0.3, 0.4) is 0 Å². The number of benzene rings is 1. The van der Waals surface area contributed by atoms with Gasteiger partial charge in [-0.3, -0.25) is 4.90 Å². The molecule has 0 spiro atoms. The zero-order valence-electron chi connectivity index (χ0n) is 10.1. The van der Waals surface area contributed by atoms with Gasteiger partial charge in [0.25, 0.3) is 0 Å². The van der Waals surface area contributed by atoms with Crippen LogP contribution in [0.15, 0.2) is 18.2 Å². The van der Waals surface area contributed by atoms with Crippen LogP contribution in [-0.4, -0.2) is 30.6 Å². The number of halogens is 2. The van der Waals surface area contributed by atoms with E-state index in [0.717, 1.165) is 32.0 Å². The van der Waals surface area contributed by atoms with E-state index in [2.05, 4.69) is 16.1 Å². The molecule has 0 amide bonds. The molecule has 0 radical (unpaired) electrons. The topological polar surface area (TPSA) is 15.3 Å². The predicted molar refractivity (Wildman–Crippen MR) is 68.3 cm³/mol. The summed E-state index contributed by atoms with van der Waals surface area (Å²) in [6, 6.07) is 4.20. The number of hydrogen-bond acceptors (Lipinski definition) is 2. The van der Waals surface area contributed by atoms with Crippen LogP contribution in [0.25, 0.3) is 0 Å². The Kier molecular flexibility index (Phi) is 4.16. The highest BCUT2D eigenvalue weighted by molar-refractivity contribution is 5.44. The van der Waals surface area contributed by atoms with E-state index in [1.165, 1.54) is 6.07 Å². The molecule has 1 aromatic carbocycles. The number of nitrogens with zero attached hydrogens (tertiary/aromatic N) is 1. The summed E-state index contributed by atoms with van der Waals surface area (Å²) in [6.07, 6.45) is 7.18. The van der Waals surface area contributed by atoms with Gasteiger partial charge in [0.1, 0.15) is 0 Å². The Balaban J connectivity index is 1.88. The van der Waals surface area contributed by atoms with Crippen LogP contribution in [0.5, 0.6) is 0 Å². The quantitative estimate of drug-likeness (QED) is 0.829. The molecular formula is C14H16F2N2. The number of nitrogens with one attached hydrogen (secondary N) is 1. The van der Waals surface area contributed by atoms with Crippen LogP contribution in [0.4, 0.5) is 14.5 Å². The third-order valence-electron chi connectivity index (χ3n) is 3.19. The summed E-state index contributed by atoms with van der Waals surface area (Å²) < 4.78 is 25.8. The largest absolute Gasteiger partial charge is 0.382 e. The minimum atomic E-state index is -0.815. The van der Waals surface area contributed by atoms with E-state index in [-0.39, 0.29) is 0 Å². The fourth-order valence-corrected chi connectivity index (χ4v) is 2.19. The van der Waals surface area contributed by atoms with Crippen molar-refractivity contribution in [3.63, 3.8) is 0 Å². The van der Waals surface area contributed by atoms with Crippen LogP contribution in [0, 0.1) is 24.0 Å². The molecule has 1 aromatic rings. The van der Waals surface area contributed by atoms with Crippen LogP contribution in [0.1, 0.15) is 12.8 Å². The number of hydrogen-bond donors (Lipinski definition) is 1. The van der Waals surface area contributed by atoms with Crippen molar-refractivity contribution in [3.8, 4) is 12.3 Å². The van der Waals surface area contributed by atoms with Crippen molar-refractivity contribution in [1.82, 2.24) is 4.90 Å². The third-order valence-corrected chi connectivity index (χ3v) is 3.19. The average molecular weight is 250 g/mol. The molecule has 0 aromatic heterocycles. The van der Waals surface area contributed by atoms with E-state index in [0.29, 0.717) is 18.3 Å². The van der Waals surface area contributed by atoms with Crippen molar-refractivity contribution >= 4 is 5.69 Å². The van der Waals surface area contributed by atoms with E-state index in [1.54, 1.807) is 6.07 Å². The minimum Gasteiger partial charge on any atom is -0.382 e. The monoisotopic (exact) mass is 250 g/mol. The molecular weight excluding hydrogens is 234 g/mol. The van der Waals surface area contributed by atoms with Gasteiger partial charge in [-0.15, -0.1) is 6.42 Å². The molecule has 1 heterocycles. The van der Waals surface area contributed by atoms with Gasteiger partial charge in [-0.2, -0.15) is 0 Å². The Labute approximate surface area is 106 Å². The lowest BCUT2D eigenvalue weighted by molar-refractivity contribution is 0.243. The minimum absolute atomic E-state index is 0.295. The zero-order valence-corrected chi connectivity index (χ0v) is 10.1. The lowest BCUT2D eigenvalue weighted by Gasteiger charge is -2.31. The molecule has 2 rings (SSSR count). The zero-order chi connectivity index (χ0) is 13.0. The Morgan fingerprint density at radius 3 is 2.61 bits per heavy atom. The second kappa shape index (κ2) is 5.83. The summed E-state index contributed by atoms with van der Waals surface area (Å²) in [7, 11) is 0. The van der Waals surface area contributed by atoms with Crippen molar-refractivity contribution in [2.75, 3.05) is 25.0 Å². The van der Waals surface area contributed by atoms with Gasteiger partial charge in [0, 0.05) is 30.9 Å². The molecule has 1 aliphatic heterocycles. The summed E-state index contributed by atoms with van der Waals surface area (Å²) in [6.45, 7) is 2.55. The van der Waals surface area contributed by atoms with Crippen LogP contribution in [0.2, 0.25) is 0 Å². The van der Waals surface area contributed by atoms with Crippen LogP contribution in [-0.2, 0) is 0 Å². The SMILES string of the molecule is C#CCN1CCC(Nc2ccc(F)c(F)c2)CC1. The molecule has 18 heavy (non-hydrogen) atoms. The number of terminal acetylenes is 1. The Bertz CT molecular complexity index is 446. The summed E-state index contributed by atoms with van der Waals surface area (Å²) in [4.78, 5) is 2.21. The molecule has 1 saturated heterocycles. The number of likely N-dealkylation sites (tertiary alicyclic amines) is 1. The van der Waals surface area contributed by atoms with E-state index in [9.17, 15) is 8.78 Å². The van der Waals surface area contributed by atoms with Crippen molar-refractivity contribution in [2.45, 2.75) is 18.9 Å². The fourth-order valence-electron chi connectivity index (χ4n) is 2.19. The second-order valence-electron chi connectivity index (χ2n) is 4.53. The molecule has 0 unspecified atom stereocenters. The maximum absolute atomic E-state index is 13.1. The first-order valence-electron chi connectivity index (χ1n) is 6.06. The average Bonchev–Trinajstić information content (AvgIpc) is 2.37. The van der Waals surface area contributed by atoms with Gasteiger partial charge in [0.2, 0.25) is 0 Å². The molecule has 2 nitrogen and oxygen atoms in total. The maximum Gasteiger partial charge on any atom is 0.160 e. The number of rotatable bonds is 3. The Morgan fingerprint density at radius 1 is 1.28 bits per heavy atom. The Morgan fingerprint density at radius 2 is 2.00 bits per heavy atom. The molecule has 0 bridgehead atoms. The van der Waals surface area contributed by atoms with Gasteiger partial charge in [-0.05, 0) is 25.0 Å². The molecule has 0 aliphatic carbocycles. The lowest BCUT2D eigenvalue weighted by Crippen LogP contribution is -2.39. The maximum atomic E-state index is 13.1. The number of piperidine rings is 1. The number of anilines is 1. The highest BCUT2D eigenvalue weighted by Gasteiger charge is 2.18. The van der Waals surface area contributed by atoms with Gasteiger partial charge >= 0.3 is 0 Å². The first-order valence-corrected chi connectivity index (χ1v) is 6.06. The van der Waals surface area contributed by atoms with Gasteiger partial charge < -0.3 is 5.32 Å². The second-order valence-corrected chi connectivity index (χ2v) is 4.53. The first-order chi connectivity index (χ1) is 8.69. The molecule has 1 aliphatic rings. The van der Waals surface area contributed by atoms with Crippen molar-refractivity contribution < 1.29 is 8.78 Å². The molecule has 0 atom stereocenters. The first kappa shape index (κ1) is 12.8. The molecule has 96 valence electrons. The van der Waals surface area contributed by atoms with E-state index in [1.807, 2.05) is 0 Å². The molecule has 1 fully saturated rings. The van der Waals surface area contributed by atoms with Crippen LogP contribution < -0.4 is 5.32 Å². The third kappa shape index (κ3) is 3.21. The predicted octanol–water partition coefficient (Wildman–Crippen LogP) is 2.47. The van der Waals surface area contributed by atoms with Gasteiger partial charge in [0.15, 0.2) is 11.6 Å². The molecule has 0 saturated carbocycles. The lowest BCUT2D eigenvalue weighted by atomic mass is 10.0. The highest BCUT2D eigenvalue weighted by atomic mass is 19.2.